The number of nitrogens with one attached hydrogen (secondary N) is 1. The number of carbonyl (C=O) groups is 2. The lowest BCUT2D eigenvalue weighted by molar-refractivity contribution is -0.125. The van der Waals surface area contributed by atoms with Gasteiger partial charge in [0.05, 0.1) is 11.8 Å². The van der Waals surface area contributed by atoms with Crippen molar-refractivity contribution in [3.05, 3.63) is 24.3 Å². The molecule has 1 saturated heterocycles. The molecule has 0 saturated carbocycles. The molecule has 0 radical (unpaired) electrons. The van der Waals surface area contributed by atoms with Gasteiger partial charge in [0.2, 0.25) is 11.8 Å². The van der Waals surface area contributed by atoms with Crippen LogP contribution in [0.15, 0.2) is 24.3 Å². The summed E-state index contributed by atoms with van der Waals surface area (Å²) in [6, 6.07) is 0. The fraction of sp³-hybridized carbons (Fsp3) is 0.786. The van der Waals surface area contributed by atoms with E-state index in [1.165, 1.54) is 103 Å². The molecule has 2 amide bonds. The van der Waals surface area contributed by atoms with Crippen molar-refractivity contribution in [1.29, 1.82) is 0 Å². The van der Waals surface area contributed by atoms with Gasteiger partial charge in [-0.3, -0.25) is 14.9 Å². The number of unbranched alkanes of at least 4 members (excludes halogenated alkanes) is 16. The predicted molar refractivity (Wildman–Crippen MR) is 133 cm³/mol. The third-order valence-corrected chi connectivity index (χ3v) is 6.37. The fourth-order valence-electron chi connectivity index (χ4n) is 4.31. The molecule has 0 aromatic carbocycles. The second kappa shape index (κ2) is 19.3. The van der Waals surface area contributed by atoms with E-state index in [0.717, 1.165) is 12.8 Å². The molecule has 178 valence electrons. The molecule has 2 unspecified atom stereocenters. The Hall–Kier alpha value is -1.38. The molecule has 2 atom stereocenters. The van der Waals surface area contributed by atoms with Crippen LogP contribution in [0.1, 0.15) is 129 Å². The van der Waals surface area contributed by atoms with Gasteiger partial charge < -0.3 is 0 Å². The smallest absolute Gasteiger partial charge is 0.234 e. The first kappa shape index (κ1) is 27.7. The summed E-state index contributed by atoms with van der Waals surface area (Å²) in [6.07, 6.45) is 31.1. The average Bonchev–Trinajstić information content (AvgIpc) is 3.03. The summed E-state index contributed by atoms with van der Waals surface area (Å²) in [5.74, 6) is -0.925. The molecule has 1 heterocycles. The minimum Gasteiger partial charge on any atom is -0.295 e. The van der Waals surface area contributed by atoms with Gasteiger partial charge >= 0.3 is 0 Å². The highest BCUT2D eigenvalue weighted by molar-refractivity contribution is 6.06. The molecular formula is C28H49NO2. The molecule has 0 bridgehead atoms. The molecule has 0 aliphatic carbocycles. The first-order valence-corrected chi connectivity index (χ1v) is 13.4. The fourth-order valence-corrected chi connectivity index (χ4v) is 4.31. The van der Waals surface area contributed by atoms with Crippen LogP contribution in [-0.2, 0) is 9.59 Å². The van der Waals surface area contributed by atoms with Crippen molar-refractivity contribution in [3.8, 4) is 0 Å². The van der Waals surface area contributed by atoms with E-state index in [9.17, 15) is 9.59 Å². The largest absolute Gasteiger partial charge is 0.295 e. The lowest BCUT2D eigenvalue weighted by atomic mass is 9.93. The Balaban J connectivity index is 2.18. The number of amides is 2. The van der Waals surface area contributed by atoms with Gasteiger partial charge in [-0.15, -0.1) is 0 Å². The standard InChI is InChI=1S/C28H49NO2/c1-3-5-7-9-11-13-15-17-19-21-23-25-26(28(31)29-27(25)30)24-22-20-18-16-14-12-10-8-6-4-2/h21-26H,3-20H2,1-2H3,(H,29,30,31). The average molecular weight is 432 g/mol. The number of hydrogen-bond donors (Lipinski definition) is 1. The lowest BCUT2D eigenvalue weighted by Crippen LogP contribution is -2.21. The van der Waals surface area contributed by atoms with Gasteiger partial charge in [0.15, 0.2) is 0 Å². The topological polar surface area (TPSA) is 46.2 Å². The number of allylic oxidation sites excluding steroid dienone is 2. The van der Waals surface area contributed by atoms with E-state index in [2.05, 4.69) is 31.3 Å². The lowest BCUT2D eigenvalue weighted by Gasteiger charge is -2.07. The molecule has 3 heteroatoms. The van der Waals surface area contributed by atoms with E-state index in [0.29, 0.717) is 0 Å². The summed E-state index contributed by atoms with van der Waals surface area (Å²) in [5.41, 5.74) is 0. The van der Waals surface area contributed by atoms with Gasteiger partial charge in [0, 0.05) is 0 Å². The van der Waals surface area contributed by atoms with Gasteiger partial charge in [0.25, 0.3) is 0 Å². The third kappa shape index (κ3) is 13.6. The van der Waals surface area contributed by atoms with Gasteiger partial charge in [-0.2, -0.15) is 0 Å². The second-order valence-corrected chi connectivity index (χ2v) is 9.29. The summed E-state index contributed by atoms with van der Waals surface area (Å²) in [7, 11) is 0. The van der Waals surface area contributed by atoms with Crippen LogP contribution in [0.3, 0.4) is 0 Å². The minimum atomic E-state index is -0.323. The van der Waals surface area contributed by atoms with Gasteiger partial charge in [-0.1, -0.05) is 128 Å². The quantitative estimate of drug-likeness (QED) is 0.120. The van der Waals surface area contributed by atoms with E-state index in [-0.39, 0.29) is 23.7 Å². The predicted octanol–water partition coefficient (Wildman–Crippen LogP) is 8.05. The Morgan fingerprint density at radius 3 is 1.23 bits per heavy atom. The first-order chi connectivity index (χ1) is 15.2. The zero-order chi connectivity index (χ0) is 22.6. The molecule has 3 nitrogen and oxygen atoms in total. The zero-order valence-electron chi connectivity index (χ0n) is 20.5. The van der Waals surface area contributed by atoms with Gasteiger partial charge in [-0.05, 0) is 25.7 Å². The molecule has 1 aliphatic heterocycles. The summed E-state index contributed by atoms with van der Waals surface area (Å²) >= 11 is 0. The normalized spacial score (nSPS) is 19.2. The van der Waals surface area contributed by atoms with E-state index in [1.807, 2.05) is 12.2 Å². The highest BCUT2D eigenvalue weighted by atomic mass is 16.2. The van der Waals surface area contributed by atoms with Crippen molar-refractivity contribution in [2.24, 2.45) is 11.8 Å². The van der Waals surface area contributed by atoms with Gasteiger partial charge in [-0.25, -0.2) is 0 Å². The number of hydrogen-bond acceptors (Lipinski definition) is 2. The molecule has 1 aliphatic rings. The van der Waals surface area contributed by atoms with Crippen molar-refractivity contribution in [2.75, 3.05) is 0 Å². The van der Waals surface area contributed by atoms with Crippen LogP contribution in [0.25, 0.3) is 0 Å². The molecule has 31 heavy (non-hydrogen) atoms. The molecule has 0 aromatic heterocycles. The maximum atomic E-state index is 12.2. The monoisotopic (exact) mass is 431 g/mol. The summed E-state index contributed by atoms with van der Waals surface area (Å²) in [5, 5.41) is 2.51. The van der Waals surface area contributed by atoms with Crippen LogP contribution in [0, 0.1) is 11.8 Å². The minimum absolute atomic E-state index is 0.140. The second-order valence-electron chi connectivity index (χ2n) is 9.29. The van der Waals surface area contributed by atoms with Crippen LogP contribution < -0.4 is 5.32 Å². The number of imide groups is 1. The Kier molecular flexibility index (Phi) is 17.2. The molecule has 1 fully saturated rings. The van der Waals surface area contributed by atoms with Crippen molar-refractivity contribution >= 4 is 11.8 Å². The van der Waals surface area contributed by atoms with Crippen molar-refractivity contribution in [2.45, 2.75) is 129 Å². The van der Waals surface area contributed by atoms with E-state index in [1.54, 1.807) is 0 Å². The molecule has 1 N–H and O–H groups in total. The highest BCUT2D eigenvalue weighted by Gasteiger charge is 2.37. The van der Waals surface area contributed by atoms with E-state index >= 15 is 0 Å². The van der Waals surface area contributed by atoms with E-state index in [4.69, 9.17) is 0 Å². The van der Waals surface area contributed by atoms with Crippen LogP contribution in [0.4, 0.5) is 0 Å². The number of rotatable bonds is 20. The SMILES string of the molecule is CCCCCCCCCCC=CC1C(=O)NC(=O)C1C=CCCCCCCCCCC. The van der Waals surface area contributed by atoms with Crippen LogP contribution in [0.5, 0.6) is 0 Å². The maximum absolute atomic E-state index is 12.2. The molecule has 0 spiro atoms. The third-order valence-electron chi connectivity index (χ3n) is 6.37. The van der Waals surface area contributed by atoms with Gasteiger partial charge in [0.1, 0.15) is 0 Å². The maximum Gasteiger partial charge on any atom is 0.234 e. The van der Waals surface area contributed by atoms with Crippen molar-refractivity contribution < 1.29 is 9.59 Å². The van der Waals surface area contributed by atoms with Crippen LogP contribution >= 0.6 is 0 Å². The molecular weight excluding hydrogens is 382 g/mol. The Labute approximate surface area is 192 Å². The van der Waals surface area contributed by atoms with Crippen LogP contribution in [-0.4, -0.2) is 11.8 Å². The van der Waals surface area contributed by atoms with Crippen LogP contribution in [0.2, 0.25) is 0 Å². The van der Waals surface area contributed by atoms with Crippen molar-refractivity contribution in [1.82, 2.24) is 5.32 Å². The Morgan fingerprint density at radius 1 is 0.548 bits per heavy atom. The summed E-state index contributed by atoms with van der Waals surface area (Å²) in [4.78, 5) is 24.3. The van der Waals surface area contributed by atoms with Crippen molar-refractivity contribution in [3.63, 3.8) is 0 Å². The first-order valence-electron chi connectivity index (χ1n) is 13.4. The zero-order valence-corrected chi connectivity index (χ0v) is 20.5. The Morgan fingerprint density at radius 2 is 0.871 bits per heavy atom. The molecule has 1 rings (SSSR count). The number of carbonyl (C=O) groups excluding carboxylic acids is 2. The Bertz CT molecular complexity index is 477. The molecule has 0 aromatic rings. The summed E-state index contributed by atoms with van der Waals surface area (Å²) < 4.78 is 0. The van der Waals surface area contributed by atoms with E-state index < -0.39 is 0 Å². The highest BCUT2D eigenvalue weighted by Crippen LogP contribution is 2.23. The summed E-state index contributed by atoms with van der Waals surface area (Å²) in [6.45, 7) is 4.50.